The number of carbonyl (C=O) groups excluding carboxylic acids is 1. The molecule has 0 radical (unpaired) electrons. The average molecular weight is 351 g/mol. The van der Waals surface area contributed by atoms with Crippen molar-refractivity contribution in [1.82, 2.24) is 0 Å². The van der Waals surface area contributed by atoms with Gasteiger partial charge in [0.2, 0.25) is 0 Å². The van der Waals surface area contributed by atoms with Gasteiger partial charge >= 0.3 is 0 Å². The fourth-order valence-corrected chi connectivity index (χ4v) is 2.88. The van der Waals surface area contributed by atoms with E-state index in [2.05, 4.69) is 38.2 Å². The molecule has 25 heavy (non-hydrogen) atoms. The van der Waals surface area contributed by atoms with Gasteiger partial charge in [-0.1, -0.05) is 63.8 Å². The molecule has 2 nitrogen and oxygen atoms in total. The van der Waals surface area contributed by atoms with E-state index >= 15 is 0 Å². The highest BCUT2D eigenvalue weighted by Gasteiger charge is 2.15. The Hall–Kier alpha value is -0.890. The van der Waals surface area contributed by atoms with Crippen LogP contribution in [0.2, 0.25) is 0 Å². The molecule has 0 rings (SSSR count). The topological polar surface area (TPSA) is 26.3 Å². The molecule has 0 saturated heterocycles. The lowest BCUT2D eigenvalue weighted by Crippen LogP contribution is -2.22. The molecule has 146 valence electrons. The molecule has 0 N–H and O–H groups in total. The highest BCUT2D eigenvalue weighted by Crippen LogP contribution is 2.11. The lowest BCUT2D eigenvalue weighted by atomic mass is 10.0. The molecule has 1 atom stereocenters. The summed E-state index contributed by atoms with van der Waals surface area (Å²) in [6.45, 7) is 4.46. The summed E-state index contributed by atoms with van der Waals surface area (Å²) < 4.78 is 5.40. The Morgan fingerprint density at radius 1 is 0.760 bits per heavy atom. The van der Waals surface area contributed by atoms with Gasteiger partial charge in [-0.15, -0.1) is 0 Å². The fourth-order valence-electron chi connectivity index (χ4n) is 2.88. The first kappa shape index (κ1) is 24.1. The molecule has 0 aliphatic rings. The Balaban J connectivity index is 3.70. The van der Waals surface area contributed by atoms with Gasteiger partial charge in [0, 0.05) is 13.5 Å². The van der Waals surface area contributed by atoms with Crippen LogP contribution in [0.4, 0.5) is 0 Å². The molecule has 0 spiro atoms. The molecule has 1 unspecified atom stereocenters. The Kier molecular flexibility index (Phi) is 18.7. The molecular weight excluding hydrogens is 308 g/mol. The molecular formula is C23H42O2. The normalized spacial score (nSPS) is 13.1. The summed E-state index contributed by atoms with van der Waals surface area (Å²) in [6, 6.07) is 0. The standard InChI is InChI=1S/C23H42O2/c1-4-6-8-10-12-14-16-18-20-22(24)23(25-3)21-19-17-15-13-11-9-7-5-2/h12-15,23H,4-11,16-21H2,1-3H3/b14-12-,15-13-. The molecule has 0 aliphatic heterocycles. The third-order valence-electron chi connectivity index (χ3n) is 4.56. The lowest BCUT2D eigenvalue weighted by molar-refractivity contribution is -0.129. The minimum absolute atomic E-state index is 0.206. The second kappa shape index (κ2) is 19.4. The molecule has 0 amide bonds. The third-order valence-corrected chi connectivity index (χ3v) is 4.56. The molecule has 0 heterocycles. The van der Waals surface area contributed by atoms with Crippen LogP contribution in [0, 0.1) is 0 Å². The zero-order valence-electron chi connectivity index (χ0n) is 17.1. The Labute approximate surface area is 157 Å². The highest BCUT2D eigenvalue weighted by atomic mass is 16.5. The number of Topliss-reactive ketones (excluding diaryl/α,β-unsaturated/α-hetero) is 1. The first-order chi connectivity index (χ1) is 12.3. The molecule has 0 bridgehead atoms. The summed E-state index contributed by atoms with van der Waals surface area (Å²) in [5.41, 5.74) is 0. The third kappa shape index (κ3) is 16.3. The van der Waals surface area contributed by atoms with E-state index in [1.165, 1.54) is 51.4 Å². The van der Waals surface area contributed by atoms with Gasteiger partial charge < -0.3 is 4.74 Å². The fraction of sp³-hybridized carbons (Fsp3) is 0.783. The number of ketones is 1. The number of unbranched alkanes of at least 4 members (excludes halogenated alkanes) is 8. The first-order valence-corrected chi connectivity index (χ1v) is 10.6. The lowest BCUT2D eigenvalue weighted by Gasteiger charge is -2.13. The second-order valence-electron chi connectivity index (χ2n) is 6.95. The Bertz CT molecular complexity index is 344. The van der Waals surface area contributed by atoms with Gasteiger partial charge in [-0.3, -0.25) is 4.79 Å². The number of hydrogen-bond donors (Lipinski definition) is 0. The monoisotopic (exact) mass is 350 g/mol. The summed E-state index contributed by atoms with van der Waals surface area (Å²) >= 11 is 0. The maximum Gasteiger partial charge on any atom is 0.161 e. The van der Waals surface area contributed by atoms with Crippen LogP contribution in [0.1, 0.15) is 104 Å². The minimum atomic E-state index is -0.206. The minimum Gasteiger partial charge on any atom is -0.374 e. The molecule has 0 fully saturated rings. The summed E-state index contributed by atoms with van der Waals surface area (Å²) in [7, 11) is 1.66. The van der Waals surface area contributed by atoms with Gasteiger partial charge in [-0.25, -0.2) is 0 Å². The van der Waals surface area contributed by atoms with Crippen LogP contribution in [0.3, 0.4) is 0 Å². The van der Waals surface area contributed by atoms with Crippen molar-refractivity contribution in [2.45, 2.75) is 110 Å². The van der Waals surface area contributed by atoms with Crippen LogP contribution < -0.4 is 0 Å². The van der Waals surface area contributed by atoms with E-state index in [-0.39, 0.29) is 11.9 Å². The number of methoxy groups -OCH3 is 1. The van der Waals surface area contributed by atoms with Crippen molar-refractivity contribution in [1.29, 1.82) is 0 Å². The molecule has 0 aromatic carbocycles. The first-order valence-electron chi connectivity index (χ1n) is 10.6. The van der Waals surface area contributed by atoms with Gasteiger partial charge in [0.05, 0.1) is 0 Å². The van der Waals surface area contributed by atoms with Crippen LogP contribution in [-0.4, -0.2) is 19.0 Å². The SMILES string of the molecule is CCCCC/C=C\CCCC(=O)C(CCC/C=C\CCCCC)OC. The Morgan fingerprint density at radius 3 is 1.72 bits per heavy atom. The number of carbonyl (C=O) groups is 1. The summed E-state index contributed by atoms with van der Waals surface area (Å²) in [4.78, 5) is 12.2. The van der Waals surface area contributed by atoms with E-state index in [1.54, 1.807) is 7.11 Å². The molecule has 0 aliphatic carbocycles. The summed E-state index contributed by atoms with van der Waals surface area (Å²) in [5.74, 6) is 0.272. The van der Waals surface area contributed by atoms with Crippen molar-refractivity contribution in [3.05, 3.63) is 24.3 Å². The molecule has 2 heteroatoms. The molecule has 0 aromatic heterocycles. The predicted molar refractivity (Wildman–Crippen MR) is 110 cm³/mol. The quantitative estimate of drug-likeness (QED) is 0.193. The highest BCUT2D eigenvalue weighted by molar-refractivity contribution is 5.83. The van der Waals surface area contributed by atoms with Crippen molar-refractivity contribution < 1.29 is 9.53 Å². The largest absolute Gasteiger partial charge is 0.374 e. The maximum atomic E-state index is 12.2. The van der Waals surface area contributed by atoms with E-state index in [9.17, 15) is 4.79 Å². The van der Waals surface area contributed by atoms with Crippen LogP contribution >= 0.6 is 0 Å². The van der Waals surface area contributed by atoms with Crippen molar-refractivity contribution >= 4 is 5.78 Å². The van der Waals surface area contributed by atoms with Crippen LogP contribution in [0.5, 0.6) is 0 Å². The maximum absolute atomic E-state index is 12.2. The van der Waals surface area contributed by atoms with Gasteiger partial charge in [-0.05, 0) is 57.8 Å². The number of ether oxygens (including phenoxy) is 1. The van der Waals surface area contributed by atoms with Gasteiger partial charge in [0.25, 0.3) is 0 Å². The average Bonchev–Trinajstić information content (AvgIpc) is 2.62. The zero-order chi connectivity index (χ0) is 18.6. The number of hydrogen-bond acceptors (Lipinski definition) is 2. The zero-order valence-corrected chi connectivity index (χ0v) is 17.1. The van der Waals surface area contributed by atoms with Crippen molar-refractivity contribution in [2.24, 2.45) is 0 Å². The summed E-state index contributed by atoms with van der Waals surface area (Å²) in [6.07, 6.45) is 24.5. The second-order valence-corrected chi connectivity index (χ2v) is 6.95. The number of rotatable bonds is 18. The predicted octanol–water partition coefficient (Wildman–Crippen LogP) is 7.18. The summed E-state index contributed by atoms with van der Waals surface area (Å²) in [5, 5.41) is 0. The van der Waals surface area contributed by atoms with E-state index in [1.807, 2.05) is 0 Å². The van der Waals surface area contributed by atoms with Crippen molar-refractivity contribution in [2.75, 3.05) is 7.11 Å². The van der Waals surface area contributed by atoms with E-state index in [0.717, 1.165) is 32.1 Å². The number of allylic oxidation sites excluding steroid dienone is 4. The van der Waals surface area contributed by atoms with E-state index in [0.29, 0.717) is 6.42 Å². The van der Waals surface area contributed by atoms with Gasteiger partial charge in [-0.2, -0.15) is 0 Å². The molecule has 0 aromatic rings. The van der Waals surface area contributed by atoms with Crippen LogP contribution in [0.15, 0.2) is 24.3 Å². The van der Waals surface area contributed by atoms with Crippen LogP contribution in [-0.2, 0) is 9.53 Å². The van der Waals surface area contributed by atoms with Gasteiger partial charge in [0.1, 0.15) is 6.10 Å². The smallest absolute Gasteiger partial charge is 0.161 e. The van der Waals surface area contributed by atoms with Gasteiger partial charge in [0.15, 0.2) is 5.78 Å². The van der Waals surface area contributed by atoms with Crippen molar-refractivity contribution in [3.8, 4) is 0 Å². The van der Waals surface area contributed by atoms with Crippen LogP contribution in [0.25, 0.3) is 0 Å². The van der Waals surface area contributed by atoms with Crippen molar-refractivity contribution in [3.63, 3.8) is 0 Å². The molecule has 0 saturated carbocycles. The van der Waals surface area contributed by atoms with E-state index < -0.39 is 0 Å². The Morgan fingerprint density at radius 2 is 1.24 bits per heavy atom. The van der Waals surface area contributed by atoms with E-state index in [4.69, 9.17) is 4.74 Å².